The molecule has 1 aliphatic rings. The minimum absolute atomic E-state index is 0.00761. The zero-order valence-corrected chi connectivity index (χ0v) is 10.0. The topological polar surface area (TPSA) is 86.0 Å². The molecule has 6 nitrogen and oxygen atoms in total. The first-order chi connectivity index (χ1) is 8.11. The Labute approximate surface area is 102 Å². The van der Waals surface area contributed by atoms with Gasteiger partial charge in [0, 0.05) is 24.2 Å². The summed E-state index contributed by atoms with van der Waals surface area (Å²) in [5.41, 5.74) is 0.222. The minimum atomic E-state index is -0.530. The van der Waals surface area contributed by atoms with E-state index in [0.29, 0.717) is 42.9 Å². The van der Waals surface area contributed by atoms with Gasteiger partial charge in [0.1, 0.15) is 0 Å². The van der Waals surface area contributed by atoms with Gasteiger partial charge in [0.15, 0.2) is 0 Å². The number of hydrogen-bond donors (Lipinski definition) is 3. The molecule has 0 spiro atoms. The molecule has 1 aromatic rings. The molecular formula is C10H13N3O3S. The van der Waals surface area contributed by atoms with Crippen LogP contribution in [0.25, 0.3) is 0 Å². The van der Waals surface area contributed by atoms with E-state index >= 15 is 0 Å². The van der Waals surface area contributed by atoms with E-state index in [9.17, 15) is 14.4 Å². The highest BCUT2D eigenvalue weighted by atomic mass is 32.1. The molecular weight excluding hydrogens is 242 g/mol. The molecule has 1 amide bonds. The predicted octanol–water partition coefficient (Wildman–Crippen LogP) is -0.732. The third kappa shape index (κ3) is 2.44. The van der Waals surface area contributed by atoms with Gasteiger partial charge in [-0.1, -0.05) is 0 Å². The Morgan fingerprint density at radius 2 is 2.12 bits per heavy atom. The average Bonchev–Trinajstić information content (AvgIpc) is 2.28. The van der Waals surface area contributed by atoms with Gasteiger partial charge >= 0.3 is 5.69 Å². The zero-order valence-electron chi connectivity index (χ0n) is 9.15. The summed E-state index contributed by atoms with van der Waals surface area (Å²) in [7, 11) is 0. The van der Waals surface area contributed by atoms with Crippen LogP contribution < -0.4 is 11.2 Å². The van der Waals surface area contributed by atoms with Gasteiger partial charge in [0.2, 0.25) is 5.91 Å². The normalized spacial score (nSPS) is 14.5. The summed E-state index contributed by atoms with van der Waals surface area (Å²) in [5, 5.41) is 0. The molecule has 92 valence electrons. The number of thiol groups is 1. The first-order valence-corrected chi connectivity index (χ1v) is 5.98. The summed E-state index contributed by atoms with van der Waals surface area (Å²) in [6.45, 7) is 0.801. The fraction of sp³-hybridized carbons (Fsp3) is 0.500. The van der Waals surface area contributed by atoms with E-state index in [2.05, 4.69) is 22.6 Å². The maximum atomic E-state index is 11.7. The van der Waals surface area contributed by atoms with E-state index in [1.807, 2.05) is 0 Å². The van der Waals surface area contributed by atoms with Gasteiger partial charge in [-0.2, -0.15) is 12.6 Å². The van der Waals surface area contributed by atoms with Crippen LogP contribution in [0.3, 0.4) is 0 Å². The lowest BCUT2D eigenvalue weighted by atomic mass is 10.1. The van der Waals surface area contributed by atoms with E-state index in [1.165, 1.54) is 0 Å². The number of H-pyrrole nitrogens is 2. The molecule has 2 N–H and O–H groups in total. The van der Waals surface area contributed by atoms with Crippen LogP contribution >= 0.6 is 12.6 Å². The Kier molecular flexibility index (Phi) is 3.37. The number of nitrogens with one attached hydrogen (secondary N) is 2. The molecule has 1 aromatic heterocycles. The minimum Gasteiger partial charge on any atom is -0.337 e. The summed E-state index contributed by atoms with van der Waals surface area (Å²) < 4.78 is 0. The van der Waals surface area contributed by atoms with E-state index in [1.54, 1.807) is 4.90 Å². The van der Waals surface area contributed by atoms with Crippen molar-refractivity contribution in [1.29, 1.82) is 0 Å². The smallest absolute Gasteiger partial charge is 0.325 e. The first-order valence-electron chi connectivity index (χ1n) is 5.35. The van der Waals surface area contributed by atoms with Gasteiger partial charge < -0.3 is 9.88 Å². The highest BCUT2D eigenvalue weighted by Crippen LogP contribution is 2.13. The standard InChI is InChI=1S/C10H13N3O3S/c14-8(2-4-17)13-3-1-6-7(5-13)11-10(16)12-9(6)15/h17H,1-5H2,(H2,11,12,15,16). The summed E-state index contributed by atoms with van der Waals surface area (Å²) in [5.74, 6) is 0.487. The van der Waals surface area contributed by atoms with Crippen LogP contribution in [0.15, 0.2) is 9.59 Å². The Bertz CT molecular complexity index is 548. The summed E-state index contributed by atoms with van der Waals surface area (Å²) >= 11 is 4.01. The number of fused-ring (bicyclic) bond motifs is 1. The third-order valence-corrected chi connectivity index (χ3v) is 3.01. The van der Waals surface area contributed by atoms with Crippen molar-refractivity contribution in [3.63, 3.8) is 0 Å². The van der Waals surface area contributed by atoms with Gasteiger partial charge in [-0.05, 0) is 12.2 Å². The zero-order chi connectivity index (χ0) is 12.4. The Balaban J connectivity index is 2.27. The lowest BCUT2D eigenvalue weighted by Crippen LogP contribution is -2.41. The van der Waals surface area contributed by atoms with E-state index in [-0.39, 0.29) is 11.5 Å². The van der Waals surface area contributed by atoms with Crippen LogP contribution in [0.1, 0.15) is 17.7 Å². The summed E-state index contributed by atoms with van der Waals surface area (Å²) in [6, 6.07) is 0. The van der Waals surface area contributed by atoms with E-state index < -0.39 is 5.69 Å². The number of hydrogen-bond acceptors (Lipinski definition) is 4. The largest absolute Gasteiger partial charge is 0.337 e. The SMILES string of the molecule is O=C(CCS)N1CCc2c([nH]c(=O)[nH]c2=O)C1. The fourth-order valence-corrected chi connectivity index (χ4v) is 2.13. The maximum absolute atomic E-state index is 11.7. The van der Waals surface area contributed by atoms with Crippen molar-refractivity contribution in [1.82, 2.24) is 14.9 Å². The number of rotatable bonds is 2. The van der Waals surface area contributed by atoms with Crippen molar-refractivity contribution in [3.05, 3.63) is 32.1 Å². The van der Waals surface area contributed by atoms with Crippen LogP contribution in [0.2, 0.25) is 0 Å². The lowest BCUT2D eigenvalue weighted by Gasteiger charge is -2.27. The summed E-state index contributed by atoms with van der Waals surface area (Å²) in [4.78, 5) is 40.7. The Morgan fingerprint density at radius 1 is 1.35 bits per heavy atom. The molecule has 2 heterocycles. The van der Waals surface area contributed by atoms with E-state index in [4.69, 9.17) is 0 Å². The van der Waals surface area contributed by atoms with Crippen molar-refractivity contribution in [3.8, 4) is 0 Å². The second kappa shape index (κ2) is 4.79. The van der Waals surface area contributed by atoms with Gasteiger partial charge in [0.25, 0.3) is 5.56 Å². The molecule has 0 radical (unpaired) electrons. The average molecular weight is 255 g/mol. The molecule has 0 saturated carbocycles. The molecule has 17 heavy (non-hydrogen) atoms. The van der Waals surface area contributed by atoms with Crippen LogP contribution in [0.5, 0.6) is 0 Å². The second-order valence-corrected chi connectivity index (χ2v) is 4.35. The van der Waals surface area contributed by atoms with Crippen molar-refractivity contribution in [2.75, 3.05) is 12.3 Å². The van der Waals surface area contributed by atoms with Crippen LogP contribution in [-0.4, -0.2) is 33.1 Å². The highest BCUT2D eigenvalue weighted by molar-refractivity contribution is 7.80. The van der Waals surface area contributed by atoms with Crippen LogP contribution in [0, 0.1) is 0 Å². The number of carbonyl (C=O) groups is 1. The number of nitrogens with zero attached hydrogens (tertiary/aromatic N) is 1. The molecule has 0 unspecified atom stereocenters. The molecule has 0 atom stereocenters. The number of amides is 1. The molecule has 0 bridgehead atoms. The van der Waals surface area contributed by atoms with Crippen molar-refractivity contribution >= 4 is 18.5 Å². The van der Waals surface area contributed by atoms with Gasteiger partial charge in [0.05, 0.1) is 6.54 Å². The van der Waals surface area contributed by atoms with Gasteiger partial charge in [-0.15, -0.1) is 0 Å². The van der Waals surface area contributed by atoms with Crippen molar-refractivity contribution in [2.24, 2.45) is 0 Å². The molecule has 7 heteroatoms. The van der Waals surface area contributed by atoms with Crippen molar-refractivity contribution in [2.45, 2.75) is 19.4 Å². The molecule has 0 fully saturated rings. The predicted molar refractivity (Wildman–Crippen MR) is 65.3 cm³/mol. The number of carbonyl (C=O) groups excluding carboxylic acids is 1. The van der Waals surface area contributed by atoms with E-state index in [0.717, 1.165) is 0 Å². The monoisotopic (exact) mass is 255 g/mol. The number of aromatic amines is 2. The Hall–Kier alpha value is -1.50. The van der Waals surface area contributed by atoms with Crippen LogP contribution in [-0.2, 0) is 17.8 Å². The number of aromatic nitrogens is 2. The van der Waals surface area contributed by atoms with Gasteiger partial charge in [-0.25, -0.2) is 4.79 Å². The lowest BCUT2D eigenvalue weighted by molar-refractivity contribution is -0.131. The maximum Gasteiger partial charge on any atom is 0.325 e. The van der Waals surface area contributed by atoms with Crippen molar-refractivity contribution < 1.29 is 4.79 Å². The molecule has 0 aromatic carbocycles. The molecule has 0 aliphatic carbocycles. The third-order valence-electron chi connectivity index (χ3n) is 2.79. The quantitative estimate of drug-likeness (QED) is 0.609. The Morgan fingerprint density at radius 3 is 2.82 bits per heavy atom. The summed E-state index contributed by atoms with van der Waals surface area (Å²) in [6.07, 6.45) is 0.839. The molecule has 2 rings (SSSR count). The van der Waals surface area contributed by atoms with Gasteiger partial charge in [-0.3, -0.25) is 14.6 Å². The van der Waals surface area contributed by atoms with Crippen LogP contribution in [0.4, 0.5) is 0 Å². The second-order valence-electron chi connectivity index (χ2n) is 3.90. The fourth-order valence-electron chi connectivity index (χ4n) is 1.94. The first kappa shape index (κ1) is 12.0. The molecule has 0 saturated heterocycles. The highest BCUT2D eigenvalue weighted by Gasteiger charge is 2.22. The molecule has 1 aliphatic heterocycles.